The van der Waals surface area contributed by atoms with E-state index in [1.807, 2.05) is 0 Å². The van der Waals surface area contributed by atoms with Crippen molar-refractivity contribution in [2.24, 2.45) is 11.8 Å². The number of hydrogen-bond donors (Lipinski definition) is 1. The van der Waals surface area contributed by atoms with E-state index >= 15 is 0 Å². The van der Waals surface area contributed by atoms with Crippen molar-refractivity contribution in [1.29, 1.82) is 0 Å². The largest absolute Gasteiger partial charge is 0.388 e. The molecule has 0 bridgehead atoms. The van der Waals surface area contributed by atoms with Crippen LogP contribution in [0, 0.1) is 11.8 Å². The normalized spacial score (nSPS) is 43.9. The monoisotopic (exact) mass is 200 g/mol. The highest BCUT2D eigenvalue weighted by Gasteiger charge is 2.48. The molecule has 2 unspecified atom stereocenters. The van der Waals surface area contributed by atoms with Gasteiger partial charge in [0.05, 0.1) is 19.3 Å². The van der Waals surface area contributed by atoms with E-state index in [-0.39, 0.29) is 12.2 Å². The first-order valence-electron chi connectivity index (χ1n) is 5.65. The third-order valence-electron chi connectivity index (χ3n) is 3.54. The molecule has 0 spiro atoms. The summed E-state index contributed by atoms with van der Waals surface area (Å²) >= 11 is 0. The molecule has 0 aromatic carbocycles. The summed E-state index contributed by atoms with van der Waals surface area (Å²) in [5, 5.41) is 9.58. The summed E-state index contributed by atoms with van der Waals surface area (Å²) in [7, 11) is 0. The molecule has 0 aliphatic carbocycles. The van der Waals surface area contributed by atoms with Crippen LogP contribution in [0.1, 0.15) is 26.7 Å². The predicted molar refractivity (Wildman–Crippen MR) is 53.0 cm³/mol. The molecule has 1 N–H and O–H groups in total. The Bertz CT molecular complexity index is 195. The average Bonchev–Trinajstić information content (AvgIpc) is 2.69. The molecule has 2 rings (SSSR count). The highest BCUT2D eigenvalue weighted by molar-refractivity contribution is 4.95. The molecule has 3 heteroatoms. The fourth-order valence-electron chi connectivity index (χ4n) is 2.67. The minimum Gasteiger partial charge on any atom is -0.388 e. The zero-order chi connectivity index (χ0) is 10.1. The Morgan fingerprint density at radius 2 is 2.00 bits per heavy atom. The van der Waals surface area contributed by atoms with Gasteiger partial charge in [-0.2, -0.15) is 0 Å². The van der Waals surface area contributed by atoms with E-state index < -0.39 is 6.10 Å². The van der Waals surface area contributed by atoms with Crippen molar-refractivity contribution in [1.82, 2.24) is 0 Å². The molecule has 5 atom stereocenters. The van der Waals surface area contributed by atoms with E-state index in [9.17, 15) is 5.11 Å². The van der Waals surface area contributed by atoms with Gasteiger partial charge in [0.25, 0.3) is 0 Å². The summed E-state index contributed by atoms with van der Waals surface area (Å²) < 4.78 is 11.2. The second-order valence-corrected chi connectivity index (χ2v) is 4.59. The molecule has 2 heterocycles. The van der Waals surface area contributed by atoms with Crippen LogP contribution in [-0.4, -0.2) is 36.6 Å². The zero-order valence-corrected chi connectivity index (χ0v) is 8.98. The third kappa shape index (κ3) is 1.69. The molecule has 82 valence electrons. The highest BCUT2D eigenvalue weighted by atomic mass is 16.6. The van der Waals surface area contributed by atoms with Gasteiger partial charge < -0.3 is 14.6 Å². The Morgan fingerprint density at radius 1 is 1.29 bits per heavy atom. The summed E-state index contributed by atoms with van der Waals surface area (Å²) in [5.74, 6) is 1.12. The fourth-order valence-corrected chi connectivity index (χ4v) is 2.67. The minimum absolute atomic E-state index is 0.0562. The van der Waals surface area contributed by atoms with Crippen LogP contribution < -0.4 is 0 Å². The second kappa shape index (κ2) is 4.17. The average molecular weight is 200 g/mol. The first-order valence-corrected chi connectivity index (χ1v) is 5.65. The van der Waals surface area contributed by atoms with Gasteiger partial charge in [-0.15, -0.1) is 0 Å². The van der Waals surface area contributed by atoms with Gasteiger partial charge >= 0.3 is 0 Å². The number of hydrogen-bond acceptors (Lipinski definition) is 3. The lowest BCUT2D eigenvalue weighted by Crippen LogP contribution is -2.31. The van der Waals surface area contributed by atoms with E-state index in [2.05, 4.69) is 13.8 Å². The van der Waals surface area contributed by atoms with Crippen molar-refractivity contribution in [3.8, 4) is 0 Å². The molecule has 0 saturated carbocycles. The summed E-state index contributed by atoms with van der Waals surface area (Å²) in [6.45, 7) is 5.67. The van der Waals surface area contributed by atoms with E-state index in [0.717, 1.165) is 6.61 Å². The van der Waals surface area contributed by atoms with Crippen molar-refractivity contribution in [2.75, 3.05) is 13.2 Å². The molecule has 0 amide bonds. The molecule has 2 fully saturated rings. The SMILES string of the molecule is CCCC(C)C1CO[C@@H]2[C@H](O)CO[C@H]12. The van der Waals surface area contributed by atoms with Crippen molar-refractivity contribution in [3.63, 3.8) is 0 Å². The molecule has 14 heavy (non-hydrogen) atoms. The zero-order valence-electron chi connectivity index (χ0n) is 8.98. The number of fused-ring (bicyclic) bond motifs is 1. The highest BCUT2D eigenvalue weighted by Crippen LogP contribution is 2.36. The molecule has 0 aromatic heterocycles. The topological polar surface area (TPSA) is 38.7 Å². The molecule has 2 saturated heterocycles. The van der Waals surface area contributed by atoms with Crippen LogP contribution in [0.2, 0.25) is 0 Å². The van der Waals surface area contributed by atoms with Crippen molar-refractivity contribution >= 4 is 0 Å². The quantitative estimate of drug-likeness (QED) is 0.744. The maximum Gasteiger partial charge on any atom is 0.112 e. The molecular formula is C11H20O3. The lowest BCUT2D eigenvalue weighted by Gasteiger charge is -2.22. The van der Waals surface area contributed by atoms with Crippen LogP contribution in [0.15, 0.2) is 0 Å². The molecular weight excluding hydrogens is 180 g/mol. The smallest absolute Gasteiger partial charge is 0.112 e. The van der Waals surface area contributed by atoms with Crippen LogP contribution in [-0.2, 0) is 9.47 Å². The summed E-state index contributed by atoms with van der Waals surface area (Å²) in [5.41, 5.74) is 0. The number of rotatable bonds is 3. The maximum atomic E-state index is 9.58. The van der Waals surface area contributed by atoms with Gasteiger partial charge in [-0.1, -0.05) is 26.7 Å². The van der Waals surface area contributed by atoms with Gasteiger partial charge in [0.15, 0.2) is 0 Å². The van der Waals surface area contributed by atoms with Gasteiger partial charge in [-0.25, -0.2) is 0 Å². The van der Waals surface area contributed by atoms with Gasteiger partial charge in [0, 0.05) is 5.92 Å². The van der Waals surface area contributed by atoms with Crippen molar-refractivity contribution in [3.05, 3.63) is 0 Å². The van der Waals surface area contributed by atoms with Crippen LogP contribution in [0.25, 0.3) is 0 Å². The van der Waals surface area contributed by atoms with Gasteiger partial charge in [0.2, 0.25) is 0 Å². The number of aliphatic hydroxyl groups excluding tert-OH is 1. The van der Waals surface area contributed by atoms with Crippen LogP contribution in [0.3, 0.4) is 0 Å². The maximum absolute atomic E-state index is 9.58. The minimum atomic E-state index is -0.404. The standard InChI is InChI=1S/C11H20O3/c1-3-4-7(2)8-5-13-11-9(12)6-14-10(8)11/h7-12H,3-6H2,1-2H3/t7?,8?,9-,10-,11-/m1/s1. The molecule has 2 aliphatic rings. The summed E-state index contributed by atoms with van der Waals surface area (Å²) in [4.78, 5) is 0. The third-order valence-corrected chi connectivity index (χ3v) is 3.54. The van der Waals surface area contributed by atoms with Crippen molar-refractivity contribution in [2.45, 2.75) is 45.0 Å². The molecule has 0 radical (unpaired) electrons. The summed E-state index contributed by atoms with van der Waals surface area (Å²) in [6, 6.07) is 0. The number of ether oxygens (including phenoxy) is 2. The van der Waals surface area contributed by atoms with Gasteiger partial charge in [-0.05, 0) is 5.92 Å². The van der Waals surface area contributed by atoms with E-state index in [4.69, 9.17) is 9.47 Å². The molecule has 2 aliphatic heterocycles. The van der Waals surface area contributed by atoms with Gasteiger partial charge in [-0.3, -0.25) is 0 Å². The fraction of sp³-hybridized carbons (Fsp3) is 1.00. The van der Waals surface area contributed by atoms with Crippen LogP contribution in [0.4, 0.5) is 0 Å². The van der Waals surface area contributed by atoms with E-state index in [1.54, 1.807) is 0 Å². The second-order valence-electron chi connectivity index (χ2n) is 4.59. The first kappa shape index (κ1) is 10.4. The lowest BCUT2D eigenvalue weighted by atomic mass is 9.86. The van der Waals surface area contributed by atoms with Crippen LogP contribution >= 0.6 is 0 Å². The Labute approximate surface area is 85.4 Å². The van der Waals surface area contributed by atoms with Crippen molar-refractivity contribution < 1.29 is 14.6 Å². The van der Waals surface area contributed by atoms with E-state index in [1.165, 1.54) is 12.8 Å². The Morgan fingerprint density at radius 3 is 2.71 bits per heavy atom. The molecule has 0 aromatic rings. The summed E-state index contributed by atoms with van der Waals surface area (Å²) in [6.07, 6.45) is 2.11. The van der Waals surface area contributed by atoms with E-state index in [0.29, 0.717) is 18.4 Å². The first-order chi connectivity index (χ1) is 6.74. The Balaban J connectivity index is 1.96. The Kier molecular flexibility index (Phi) is 3.10. The number of aliphatic hydroxyl groups is 1. The van der Waals surface area contributed by atoms with Crippen LogP contribution in [0.5, 0.6) is 0 Å². The molecule has 3 nitrogen and oxygen atoms in total. The lowest BCUT2D eigenvalue weighted by molar-refractivity contribution is 0.0147. The van der Waals surface area contributed by atoms with Gasteiger partial charge in [0.1, 0.15) is 12.2 Å². The Hall–Kier alpha value is -0.120. The predicted octanol–water partition coefficient (Wildman–Crippen LogP) is 1.20.